The van der Waals surface area contributed by atoms with Gasteiger partial charge in [-0.15, -0.1) is 0 Å². The smallest absolute Gasteiger partial charge is 0.306 e. The third-order valence-electron chi connectivity index (χ3n) is 2.40. The molecule has 1 aromatic heterocycles. The minimum Gasteiger partial charge on any atom is -0.481 e. The van der Waals surface area contributed by atoms with Crippen LogP contribution in [0.15, 0.2) is 10.9 Å². The van der Waals surface area contributed by atoms with Crippen LogP contribution in [0.3, 0.4) is 0 Å². The lowest BCUT2D eigenvalue weighted by Crippen LogP contribution is -2.42. The van der Waals surface area contributed by atoms with Crippen LogP contribution in [-0.4, -0.2) is 51.9 Å². The Morgan fingerprint density at radius 3 is 3.25 bits per heavy atom. The number of morpholine rings is 1. The van der Waals surface area contributed by atoms with Crippen molar-refractivity contribution in [3.05, 3.63) is 12.2 Å². The highest BCUT2D eigenvalue weighted by Gasteiger charge is 2.23. The lowest BCUT2D eigenvalue weighted by atomic mass is 10.2. The second-order valence-electron chi connectivity index (χ2n) is 3.67. The molecule has 1 aliphatic rings. The normalized spacial score (nSPS) is 22.1. The number of ether oxygens (including phenoxy) is 1. The van der Waals surface area contributed by atoms with Crippen LogP contribution in [0.2, 0.25) is 0 Å². The van der Waals surface area contributed by atoms with E-state index in [-0.39, 0.29) is 12.5 Å². The van der Waals surface area contributed by atoms with Crippen molar-refractivity contribution in [2.75, 3.05) is 19.7 Å². The summed E-state index contributed by atoms with van der Waals surface area (Å²) in [5.41, 5.74) is 0. The van der Waals surface area contributed by atoms with Gasteiger partial charge >= 0.3 is 5.97 Å². The van der Waals surface area contributed by atoms with E-state index in [1.807, 2.05) is 0 Å². The van der Waals surface area contributed by atoms with Crippen LogP contribution < -0.4 is 0 Å². The lowest BCUT2D eigenvalue weighted by molar-refractivity contribution is -0.142. The van der Waals surface area contributed by atoms with Crippen LogP contribution >= 0.6 is 0 Å². The standard InChI is InChI=1S/C9H13N3O4/c13-9(14)3-7-4-12(1-2-15-7)5-8-10-6-16-11-8/h6-7H,1-5H2,(H,13,14). The molecule has 0 radical (unpaired) electrons. The Kier molecular flexibility index (Phi) is 3.47. The van der Waals surface area contributed by atoms with Gasteiger partial charge < -0.3 is 14.4 Å². The second kappa shape index (κ2) is 5.04. The van der Waals surface area contributed by atoms with Crippen LogP contribution in [0.1, 0.15) is 12.2 Å². The molecule has 0 aromatic carbocycles. The Morgan fingerprint density at radius 1 is 1.69 bits per heavy atom. The summed E-state index contributed by atoms with van der Waals surface area (Å²) in [6.45, 7) is 2.44. The number of rotatable bonds is 4. The number of carbonyl (C=O) groups is 1. The van der Waals surface area contributed by atoms with Crippen LogP contribution in [0.4, 0.5) is 0 Å². The third-order valence-corrected chi connectivity index (χ3v) is 2.40. The number of carboxylic acid groups (broad SMARTS) is 1. The molecular formula is C9H13N3O4. The zero-order valence-electron chi connectivity index (χ0n) is 8.70. The Hall–Kier alpha value is -1.47. The van der Waals surface area contributed by atoms with Crippen molar-refractivity contribution in [2.24, 2.45) is 0 Å². The number of hydrogen-bond acceptors (Lipinski definition) is 6. The molecule has 7 heteroatoms. The number of hydrogen-bond donors (Lipinski definition) is 1. The highest BCUT2D eigenvalue weighted by atomic mass is 16.5. The molecule has 0 spiro atoms. The monoisotopic (exact) mass is 227 g/mol. The van der Waals surface area contributed by atoms with Crippen molar-refractivity contribution < 1.29 is 19.2 Å². The second-order valence-corrected chi connectivity index (χ2v) is 3.67. The molecule has 88 valence electrons. The Morgan fingerprint density at radius 2 is 2.56 bits per heavy atom. The van der Waals surface area contributed by atoms with Crippen molar-refractivity contribution in [1.29, 1.82) is 0 Å². The number of aliphatic carboxylic acids is 1. The number of aromatic nitrogens is 2. The van der Waals surface area contributed by atoms with E-state index < -0.39 is 5.97 Å². The van der Waals surface area contributed by atoms with Crippen molar-refractivity contribution in [3.8, 4) is 0 Å². The van der Waals surface area contributed by atoms with Crippen LogP contribution in [0.25, 0.3) is 0 Å². The first-order chi connectivity index (χ1) is 7.74. The molecule has 1 atom stereocenters. The molecule has 1 aliphatic heterocycles. The predicted octanol–water partition coefficient (Wildman–Crippen LogP) is -0.255. The van der Waals surface area contributed by atoms with Gasteiger partial charge in [0.25, 0.3) is 0 Å². The Labute approximate surface area is 92.0 Å². The average Bonchev–Trinajstić information content (AvgIpc) is 2.70. The molecule has 1 aromatic rings. The SMILES string of the molecule is O=C(O)CC1CN(Cc2ncon2)CCO1. The number of nitrogens with zero attached hydrogens (tertiary/aromatic N) is 3. The van der Waals surface area contributed by atoms with Crippen LogP contribution in [0.5, 0.6) is 0 Å². The summed E-state index contributed by atoms with van der Waals surface area (Å²) >= 11 is 0. The predicted molar refractivity (Wildman–Crippen MR) is 51.6 cm³/mol. The highest BCUT2D eigenvalue weighted by Crippen LogP contribution is 2.10. The summed E-state index contributed by atoms with van der Waals surface area (Å²) in [6.07, 6.45) is 1.06. The molecule has 1 fully saturated rings. The van der Waals surface area contributed by atoms with Gasteiger partial charge in [0.2, 0.25) is 6.39 Å². The van der Waals surface area contributed by atoms with Gasteiger partial charge in [-0.25, -0.2) is 0 Å². The topological polar surface area (TPSA) is 88.7 Å². The third kappa shape index (κ3) is 3.01. The zero-order chi connectivity index (χ0) is 11.4. The summed E-state index contributed by atoms with van der Waals surface area (Å²) in [4.78, 5) is 16.5. The summed E-state index contributed by atoms with van der Waals surface area (Å²) in [5.74, 6) is -0.234. The molecule has 1 unspecified atom stereocenters. The summed E-state index contributed by atoms with van der Waals surface area (Å²) in [6, 6.07) is 0. The fourth-order valence-corrected chi connectivity index (χ4v) is 1.70. The molecule has 0 aliphatic carbocycles. The minimum absolute atomic E-state index is 0.0305. The van der Waals surface area contributed by atoms with E-state index in [1.165, 1.54) is 6.39 Å². The molecule has 7 nitrogen and oxygen atoms in total. The van der Waals surface area contributed by atoms with Gasteiger partial charge in [0.05, 0.1) is 25.7 Å². The molecule has 1 N–H and O–H groups in total. The summed E-state index contributed by atoms with van der Waals surface area (Å²) < 4.78 is 9.99. The molecule has 1 saturated heterocycles. The number of carboxylic acids is 1. The van der Waals surface area contributed by atoms with Gasteiger partial charge in [-0.2, -0.15) is 4.98 Å². The first kappa shape index (κ1) is 11.0. The molecule has 0 saturated carbocycles. The molecule has 16 heavy (non-hydrogen) atoms. The molecular weight excluding hydrogens is 214 g/mol. The molecule has 2 heterocycles. The van der Waals surface area contributed by atoms with E-state index in [0.717, 1.165) is 6.54 Å². The molecule has 0 bridgehead atoms. The van der Waals surface area contributed by atoms with Gasteiger partial charge in [0.1, 0.15) is 0 Å². The quantitative estimate of drug-likeness (QED) is 0.758. The van der Waals surface area contributed by atoms with Gasteiger partial charge in [-0.3, -0.25) is 9.69 Å². The maximum Gasteiger partial charge on any atom is 0.306 e. The molecule has 2 rings (SSSR count). The van der Waals surface area contributed by atoms with Gasteiger partial charge in [0.15, 0.2) is 5.82 Å². The van der Waals surface area contributed by atoms with Crippen molar-refractivity contribution in [2.45, 2.75) is 19.1 Å². The van der Waals surface area contributed by atoms with Crippen molar-refractivity contribution >= 4 is 5.97 Å². The molecule has 0 amide bonds. The van der Waals surface area contributed by atoms with E-state index in [1.54, 1.807) is 0 Å². The summed E-state index contributed by atoms with van der Waals surface area (Å²) in [7, 11) is 0. The Balaban J connectivity index is 1.84. The fraction of sp³-hybridized carbons (Fsp3) is 0.667. The minimum atomic E-state index is -0.841. The zero-order valence-corrected chi connectivity index (χ0v) is 8.70. The summed E-state index contributed by atoms with van der Waals surface area (Å²) in [5, 5.41) is 12.4. The largest absolute Gasteiger partial charge is 0.481 e. The van der Waals surface area contributed by atoms with Gasteiger partial charge in [-0.05, 0) is 0 Å². The van der Waals surface area contributed by atoms with E-state index >= 15 is 0 Å². The van der Waals surface area contributed by atoms with Crippen molar-refractivity contribution in [3.63, 3.8) is 0 Å². The van der Waals surface area contributed by atoms with Crippen molar-refractivity contribution in [1.82, 2.24) is 15.0 Å². The van der Waals surface area contributed by atoms with Crippen LogP contribution in [0, 0.1) is 0 Å². The van der Waals surface area contributed by atoms with Gasteiger partial charge in [-0.1, -0.05) is 5.16 Å². The van der Waals surface area contributed by atoms with E-state index in [0.29, 0.717) is 25.5 Å². The highest BCUT2D eigenvalue weighted by molar-refractivity contribution is 5.67. The van der Waals surface area contributed by atoms with Crippen LogP contribution in [-0.2, 0) is 16.1 Å². The van der Waals surface area contributed by atoms with E-state index in [2.05, 4.69) is 19.6 Å². The maximum atomic E-state index is 10.6. The van der Waals surface area contributed by atoms with E-state index in [9.17, 15) is 4.79 Å². The van der Waals surface area contributed by atoms with E-state index in [4.69, 9.17) is 9.84 Å². The first-order valence-corrected chi connectivity index (χ1v) is 5.05. The average molecular weight is 227 g/mol. The first-order valence-electron chi connectivity index (χ1n) is 5.05. The fourth-order valence-electron chi connectivity index (χ4n) is 1.70. The lowest BCUT2D eigenvalue weighted by Gasteiger charge is -2.31. The maximum absolute atomic E-state index is 10.6. The van der Waals surface area contributed by atoms with Gasteiger partial charge in [0, 0.05) is 13.1 Å². The Bertz CT molecular complexity index is 341.